The van der Waals surface area contributed by atoms with Crippen LogP contribution >= 0.6 is 15.9 Å². The van der Waals surface area contributed by atoms with E-state index in [1.807, 2.05) is 0 Å². The Labute approximate surface area is 160 Å². The summed E-state index contributed by atoms with van der Waals surface area (Å²) in [6.07, 6.45) is 26.6. The number of hydrogen-bond acceptors (Lipinski definition) is 1. The van der Waals surface area contributed by atoms with Crippen molar-refractivity contribution in [2.45, 2.75) is 110 Å². The zero-order chi connectivity index (χ0) is 17.5. The van der Waals surface area contributed by atoms with E-state index in [9.17, 15) is 0 Å². The summed E-state index contributed by atoms with van der Waals surface area (Å²) in [4.78, 5) is 2.46. The predicted molar refractivity (Wildman–Crippen MR) is 113 cm³/mol. The largest absolute Gasteiger partial charge is 0.360 e. The van der Waals surface area contributed by atoms with E-state index in [1.54, 1.807) is 0 Å². The number of hydrogen-bond donors (Lipinski definition) is 0. The molecule has 0 aliphatic carbocycles. The fourth-order valence-electron chi connectivity index (χ4n) is 3.48. The molecule has 0 aromatic heterocycles. The van der Waals surface area contributed by atoms with Crippen molar-refractivity contribution in [3.8, 4) is 0 Å². The maximum absolute atomic E-state index is 3.67. The highest BCUT2D eigenvalue weighted by atomic mass is 79.9. The number of halogens is 1. The van der Waals surface area contributed by atoms with Gasteiger partial charge in [0, 0.05) is 12.6 Å². The Morgan fingerprint density at radius 1 is 0.792 bits per heavy atom. The van der Waals surface area contributed by atoms with Crippen LogP contribution in [-0.2, 0) is 0 Å². The molecule has 0 fully saturated rings. The molecule has 24 heavy (non-hydrogen) atoms. The second-order valence-corrected chi connectivity index (χ2v) is 8.22. The summed E-state index contributed by atoms with van der Waals surface area (Å²) in [5.74, 6) is 0. The van der Waals surface area contributed by atoms with E-state index < -0.39 is 0 Å². The van der Waals surface area contributed by atoms with Gasteiger partial charge in [-0.25, -0.2) is 0 Å². The maximum atomic E-state index is 3.67. The van der Waals surface area contributed by atoms with Crippen molar-refractivity contribution >= 4 is 15.9 Å². The predicted octanol–water partition coefficient (Wildman–Crippen LogP) is 7.96. The van der Waals surface area contributed by atoms with Crippen LogP contribution in [0.5, 0.6) is 0 Å². The first-order chi connectivity index (χ1) is 11.8. The number of nitrogens with zero attached hydrogens (tertiary/aromatic N) is 1. The highest BCUT2D eigenvalue weighted by Gasteiger charge is 2.14. The van der Waals surface area contributed by atoms with Crippen LogP contribution in [0.2, 0.25) is 0 Å². The molecule has 2 heteroatoms. The van der Waals surface area contributed by atoms with Gasteiger partial charge in [0.15, 0.2) is 0 Å². The molecule has 1 unspecified atom stereocenters. The molecule has 1 aliphatic heterocycles. The zero-order valence-electron chi connectivity index (χ0n) is 16.2. The smallest absolute Gasteiger partial charge is 0.0810 e. The van der Waals surface area contributed by atoms with Gasteiger partial charge < -0.3 is 4.90 Å². The molecule has 0 amide bonds. The summed E-state index contributed by atoms with van der Waals surface area (Å²) in [5, 5.41) is 0. The first kappa shape index (κ1) is 21.8. The molecule has 0 saturated heterocycles. The van der Waals surface area contributed by atoms with E-state index in [-0.39, 0.29) is 0 Å². The van der Waals surface area contributed by atoms with Gasteiger partial charge >= 0.3 is 0 Å². The SMILES string of the molecule is CCCCCCCCCCCCCCCCN1C(Br)=CC=CC1C. The van der Waals surface area contributed by atoms with Crippen molar-refractivity contribution < 1.29 is 0 Å². The highest BCUT2D eigenvalue weighted by Crippen LogP contribution is 2.22. The van der Waals surface area contributed by atoms with Crippen LogP contribution in [0.4, 0.5) is 0 Å². The van der Waals surface area contributed by atoms with Crippen LogP contribution in [0.15, 0.2) is 22.8 Å². The molecule has 0 radical (unpaired) electrons. The minimum absolute atomic E-state index is 0.534. The van der Waals surface area contributed by atoms with Gasteiger partial charge in [0.25, 0.3) is 0 Å². The normalized spacial score (nSPS) is 17.4. The molecule has 0 aromatic carbocycles. The van der Waals surface area contributed by atoms with Gasteiger partial charge in [-0.3, -0.25) is 0 Å². The Hall–Kier alpha value is -0.240. The molecule has 1 aliphatic rings. The second kappa shape index (κ2) is 15.0. The Morgan fingerprint density at radius 3 is 1.71 bits per heavy atom. The molecule has 1 nitrogen and oxygen atoms in total. The van der Waals surface area contributed by atoms with Crippen molar-refractivity contribution in [2.75, 3.05) is 6.54 Å². The zero-order valence-corrected chi connectivity index (χ0v) is 17.8. The standard InChI is InChI=1S/C22H40BrN/c1-3-4-5-6-7-8-9-10-11-12-13-14-15-16-20-24-21(2)18-17-19-22(24)23/h17-19,21H,3-16,20H2,1-2H3. The fourth-order valence-corrected chi connectivity index (χ4v) is 4.13. The third kappa shape index (κ3) is 10.6. The number of unbranched alkanes of at least 4 members (excludes halogenated alkanes) is 13. The lowest BCUT2D eigenvalue weighted by molar-refractivity contribution is 0.316. The lowest BCUT2D eigenvalue weighted by Crippen LogP contribution is -2.31. The Morgan fingerprint density at radius 2 is 1.25 bits per heavy atom. The van der Waals surface area contributed by atoms with Crippen molar-refractivity contribution in [1.29, 1.82) is 0 Å². The van der Waals surface area contributed by atoms with Crippen LogP contribution in [0.1, 0.15) is 104 Å². The summed E-state index contributed by atoms with van der Waals surface area (Å²) in [5.41, 5.74) is 0. The van der Waals surface area contributed by atoms with Gasteiger partial charge in [0.1, 0.15) is 0 Å². The van der Waals surface area contributed by atoms with Gasteiger partial charge in [-0.05, 0) is 35.4 Å². The monoisotopic (exact) mass is 397 g/mol. The minimum Gasteiger partial charge on any atom is -0.360 e. The summed E-state index contributed by atoms with van der Waals surface area (Å²) >= 11 is 3.67. The van der Waals surface area contributed by atoms with Crippen molar-refractivity contribution in [2.24, 2.45) is 0 Å². The Kier molecular flexibility index (Phi) is 13.7. The van der Waals surface area contributed by atoms with Gasteiger partial charge in [-0.2, -0.15) is 0 Å². The van der Waals surface area contributed by atoms with Crippen molar-refractivity contribution in [3.63, 3.8) is 0 Å². The van der Waals surface area contributed by atoms with Gasteiger partial charge in [-0.15, -0.1) is 0 Å². The van der Waals surface area contributed by atoms with Gasteiger partial charge in [0.2, 0.25) is 0 Å². The Balaban J connectivity index is 1.81. The number of allylic oxidation sites excluding steroid dienone is 2. The molecular weight excluding hydrogens is 358 g/mol. The average Bonchev–Trinajstić information content (AvgIpc) is 2.57. The second-order valence-electron chi connectivity index (χ2n) is 7.40. The third-order valence-electron chi connectivity index (χ3n) is 5.14. The van der Waals surface area contributed by atoms with E-state index in [2.05, 4.69) is 52.9 Å². The molecule has 0 bridgehead atoms. The quantitative estimate of drug-likeness (QED) is 0.200. The fraction of sp³-hybridized carbons (Fsp3) is 0.818. The summed E-state index contributed by atoms with van der Waals surface area (Å²) in [6, 6.07) is 0.534. The highest BCUT2D eigenvalue weighted by molar-refractivity contribution is 9.11. The first-order valence-corrected chi connectivity index (χ1v) is 11.4. The third-order valence-corrected chi connectivity index (χ3v) is 5.86. The average molecular weight is 398 g/mol. The summed E-state index contributed by atoms with van der Waals surface area (Å²) in [7, 11) is 0. The lowest BCUT2D eigenvalue weighted by Gasteiger charge is -2.31. The molecule has 1 atom stereocenters. The van der Waals surface area contributed by atoms with E-state index >= 15 is 0 Å². The van der Waals surface area contributed by atoms with E-state index in [1.165, 1.54) is 101 Å². The van der Waals surface area contributed by atoms with E-state index in [0.29, 0.717) is 6.04 Å². The maximum Gasteiger partial charge on any atom is 0.0810 e. The molecule has 140 valence electrons. The number of rotatable bonds is 15. The summed E-state index contributed by atoms with van der Waals surface area (Å²) in [6.45, 7) is 5.75. The lowest BCUT2D eigenvalue weighted by atomic mass is 10.0. The van der Waals surface area contributed by atoms with Crippen LogP contribution in [-0.4, -0.2) is 17.5 Å². The van der Waals surface area contributed by atoms with Crippen LogP contribution in [0.25, 0.3) is 0 Å². The topological polar surface area (TPSA) is 3.24 Å². The molecule has 0 saturated carbocycles. The molecule has 0 spiro atoms. The van der Waals surface area contributed by atoms with Crippen LogP contribution < -0.4 is 0 Å². The van der Waals surface area contributed by atoms with Crippen LogP contribution in [0.3, 0.4) is 0 Å². The van der Waals surface area contributed by atoms with Crippen molar-refractivity contribution in [3.05, 3.63) is 22.8 Å². The molecule has 0 aromatic rings. The van der Waals surface area contributed by atoms with E-state index in [4.69, 9.17) is 0 Å². The molecular formula is C22H40BrN. The molecule has 1 rings (SSSR count). The first-order valence-electron chi connectivity index (χ1n) is 10.6. The van der Waals surface area contributed by atoms with E-state index in [0.717, 1.165) is 0 Å². The Bertz CT molecular complexity index is 348. The van der Waals surface area contributed by atoms with Gasteiger partial charge in [0.05, 0.1) is 4.61 Å². The van der Waals surface area contributed by atoms with Gasteiger partial charge in [-0.1, -0.05) is 103 Å². The van der Waals surface area contributed by atoms with Crippen LogP contribution in [0, 0.1) is 0 Å². The molecule has 1 heterocycles. The summed E-state index contributed by atoms with van der Waals surface area (Å²) < 4.78 is 1.24. The molecule has 0 N–H and O–H groups in total. The minimum atomic E-state index is 0.534. The van der Waals surface area contributed by atoms with Crippen molar-refractivity contribution in [1.82, 2.24) is 4.90 Å².